The predicted molar refractivity (Wildman–Crippen MR) is 113 cm³/mol. The SMILES string of the molecule is CCCOc1c(C)c(C)c(OCCC)c(CN2C(=O)c3ccccc3C2=O)c1C. The molecule has 5 heteroatoms. The molecule has 2 amide bonds. The molecule has 0 aromatic heterocycles. The zero-order valence-electron chi connectivity index (χ0n) is 17.9. The summed E-state index contributed by atoms with van der Waals surface area (Å²) in [4.78, 5) is 27.1. The van der Waals surface area contributed by atoms with Gasteiger partial charge in [0.2, 0.25) is 0 Å². The van der Waals surface area contributed by atoms with Crippen LogP contribution in [0.15, 0.2) is 24.3 Å². The largest absolute Gasteiger partial charge is 0.493 e. The molecule has 1 heterocycles. The number of carbonyl (C=O) groups excluding carboxylic acids is 2. The first-order valence-corrected chi connectivity index (χ1v) is 10.3. The molecule has 0 unspecified atom stereocenters. The molecule has 2 aromatic carbocycles. The van der Waals surface area contributed by atoms with Crippen LogP contribution in [0.3, 0.4) is 0 Å². The van der Waals surface area contributed by atoms with Gasteiger partial charge in [0.05, 0.1) is 30.9 Å². The van der Waals surface area contributed by atoms with E-state index in [0.29, 0.717) is 24.3 Å². The number of amides is 2. The molecule has 0 saturated carbocycles. The molecule has 2 aromatic rings. The molecule has 0 bridgehead atoms. The summed E-state index contributed by atoms with van der Waals surface area (Å²) in [7, 11) is 0. The van der Waals surface area contributed by atoms with Crippen molar-refractivity contribution in [2.75, 3.05) is 13.2 Å². The van der Waals surface area contributed by atoms with E-state index in [1.54, 1.807) is 24.3 Å². The number of benzene rings is 2. The quantitative estimate of drug-likeness (QED) is 0.591. The van der Waals surface area contributed by atoms with Crippen molar-refractivity contribution in [3.05, 3.63) is 57.6 Å². The fourth-order valence-electron chi connectivity index (χ4n) is 3.71. The maximum absolute atomic E-state index is 12.9. The lowest BCUT2D eigenvalue weighted by atomic mass is 9.96. The number of fused-ring (bicyclic) bond motifs is 1. The van der Waals surface area contributed by atoms with Gasteiger partial charge in [-0.2, -0.15) is 0 Å². The molecule has 0 radical (unpaired) electrons. The fraction of sp³-hybridized carbons (Fsp3) is 0.417. The number of hydrogen-bond donors (Lipinski definition) is 0. The van der Waals surface area contributed by atoms with Gasteiger partial charge in [-0.15, -0.1) is 0 Å². The van der Waals surface area contributed by atoms with Crippen molar-refractivity contribution in [2.45, 2.75) is 54.0 Å². The Labute approximate surface area is 172 Å². The number of carbonyl (C=O) groups is 2. The van der Waals surface area contributed by atoms with Crippen molar-refractivity contribution in [2.24, 2.45) is 0 Å². The van der Waals surface area contributed by atoms with E-state index < -0.39 is 0 Å². The van der Waals surface area contributed by atoms with Gasteiger partial charge in [0.1, 0.15) is 11.5 Å². The summed E-state index contributed by atoms with van der Waals surface area (Å²) >= 11 is 0. The highest BCUT2D eigenvalue weighted by Gasteiger charge is 2.36. The topological polar surface area (TPSA) is 55.8 Å². The summed E-state index contributed by atoms with van der Waals surface area (Å²) < 4.78 is 12.1. The molecule has 0 saturated heterocycles. The Morgan fingerprint density at radius 1 is 0.759 bits per heavy atom. The molecule has 5 nitrogen and oxygen atoms in total. The van der Waals surface area contributed by atoms with Gasteiger partial charge in [0.15, 0.2) is 0 Å². The number of nitrogens with zero attached hydrogens (tertiary/aromatic N) is 1. The zero-order valence-corrected chi connectivity index (χ0v) is 17.9. The average Bonchev–Trinajstić information content (AvgIpc) is 2.96. The van der Waals surface area contributed by atoms with Crippen LogP contribution in [0.1, 0.15) is 69.7 Å². The predicted octanol–water partition coefficient (Wildman–Crippen LogP) is 4.99. The molecular weight excluding hydrogens is 366 g/mol. The van der Waals surface area contributed by atoms with Gasteiger partial charge in [-0.1, -0.05) is 26.0 Å². The number of imide groups is 1. The lowest BCUT2D eigenvalue weighted by Crippen LogP contribution is -2.30. The number of ether oxygens (including phenoxy) is 2. The van der Waals surface area contributed by atoms with E-state index >= 15 is 0 Å². The van der Waals surface area contributed by atoms with Crippen molar-refractivity contribution in [3.63, 3.8) is 0 Å². The molecule has 1 aliphatic rings. The summed E-state index contributed by atoms with van der Waals surface area (Å²) in [5.74, 6) is 1.04. The molecule has 0 fully saturated rings. The van der Waals surface area contributed by atoms with E-state index in [1.807, 2.05) is 20.8 Å². The lowest BCUT2D eigenvalue weighted by molar-refractivity contribution is 0.0640. The van der Waals surface area contributed by atoms with Gasteiger partial charge < -0.3 is 9.47 Å². The summed E-state index contributed by atoms with van der Waals surface area (Å²) in [5, 5.41) is 0. The summed E-state index contributed by atoms with van der Waals surface area (Å²) in [6.07, 6.45) is 1.78. The van der Waals surface area contributed by atoms with Crippen LogP contribution in [0.4, 0.5) is 0 Å². The zero-order chi connectivity index (χ0) is 21.1. The minimum atomic E-state index is -0.263. The maximum Gasteiger partial charge on any atom is 0.261 e. The monoisotopic (exact) mass is 395 g/mol. The molecular formula is C24H29NO4. The smallest absolute Gasteiger partial charge is 0.261 e. The van der Waals surface area contributed by atoms with Gasteiger partial charge in [-0.05, 0) is 56.9 Å². The first-order valence-electron chi connectivity index (χ1n) is 10.3. The van der Waals surface area contributed by atoms with Crippen molar-refractivity contribution < 1.29 is 19.1 Å². The Kier molecular flexibility index (Phi) is 6.26. The standard InChI is InChI=1S/C24H29NO4/c1-6-12-28-21-15(3)16(4)22(29-13-7-2)20(17(21)5)14-25-23(26)18-10-8-9-11-19(18)24(25)27/h8-11H,6-7,12-14H2,1-5H3. The van der Waals surface area contributed by atoms with Gasteiger partial charge in [-0.3, -0.25) is 14.5 Å². The van der Waals surface area contributed by atoms with E-state index in [9.17, 15) is 9.59 Å². The van der Waals surface area contributed by atoms with E-state index in [0.717, 1.165) is 46.6 Å². The Morgan fingerprint density at radius 3 is 1.76 bits per heavy atom. The van der Waals surface area contributed by atoms with Crippen molar-refractivity contribution in [3.8, 4) is 11.5 Å². The second-order valence-corrected chi connectivity index (χ2v) is 7.45. The van der Waals surface area contributed by atoms with Crippen LogP contribution in [-0.4, -0.2) is 29.9 Å². The summed E-state index contributed by atoms with van der Waals surface area (Å²) in [6.45, 7) is 11.5. The second kappa shape index (κ2) is 8.68. The molecule has 29 heavy (non-hydrogen) atoms. The van der Waals surface area contributed by atoms with Crippen LogP contribution in [0.2, 0.25) is 0 Å². The molecule has 3 rings (SSSR count). The number of rotatable bonds is 8. The molecule has 0 spiro atoms. The van der Waals surface area contributed by atoms with Gasteiger partial charge >= 0.3 is 0 Å². The van der Waals surface area contributed by atoms with Crippen LogP contribution in [0, 0.1) is 20.8 Å². The number of hydrogen-bond acceptors (Lipinski definition) is 4. The lowest BCUT2D eigenvalue weighted by Gasteiger charge is -2.24. The summed E-state index contributed by atoms with van der Waals surface area (Å²) in [6, 6.07) is 6.96. The highest BCUT2D eigenvalue weighted by atomic mass is 16.5. The van der Waals surface area contributed by atoms with E-state index in [1.165, 1.54) is 4.90 Å². The second-order valence-electron chi connectivity index (χ2n) is 7.45. The van der Waals surface area contributed by atoms with E-state index in [4.69, 9.17) is 9.47 Å². The third-order valence-electron chi connectivity index (χ3n) is 5.41. The van der Waals surface area contributed by atoms with Crippen LogP contribution >= 0.6 is 0 Å². The highest BCUT2D eigenvalue weighted by molar-refractivity contribution is 6.21. The van der Waals surface area contributed by atoms with Gasteiger partial charge in [0.25, 0.3) is 11.8 Å². The first-order chi connectivity index (χ1) is 13.9. The highest BCUT2D eigenvalue weighted by Crippen LogP contribution is 2.39. The average molecular weight is 395 g/mol. The minimum absolute atomic E-state index is 0.167. The fourth-order valence-corrected chi connectivity index (χ4v) is 3.71. The van der Waals surface area contributed by atoms with Crippen LogP contribution < -0.4 is 9.47 Å². The van der Waals surface area contributed by atoms with E-state index in [2.05, 4.69) is 13.8 Å². The van der Waals surface area contributed by atoms with Gasteiger partial charge in [-0.25, -0.2) is 0 Å². The Bertz CT molecular complexity index is 913. The van der Waals surface area contributed by atoms with Gasteiger partial charge in [0, 0.05) is 11.1 Å². The molecule has 0 aliphatic carbocycles. The molecule has 154 valence electrons. The first kappa shape index (κ1) is 20.9. The Hall–Kier alpha value is -2.82. The van der Waals surface area contributed by atoms with Crippen molar-refractivity contribution >= 4 is 11.8 Å². The van der Waals surface area contributed by atoms with Crippen LogP contribution in [0.5, 0.6) is 11.5 Å². The van der Waals surface area contributed by atoms with Crippen LogP contribution in [-0.2, 0) is 6.54 Å². The van der Waals surface area contributed by atoms with Crippen LogP contribution in [0.25, 0.3) is 0 Å². The van der Waals surface area contributed by atoms with E-state index in [-0.39, 0.29) is 18.4 Å². The molecule has 0 atom stereocenters. The Morgan fingerprint density at radius 2 is 1.24 bits per heavy atom. The minimum Gasteiger partial charge on any atom is -0.493 e. The molecule has 0 N–H and O–H groups in total. The normalized spacial score (nSPS) is 13.1. The third kappa shape index (κ3) is 3.74. The third-order valence-corrected chi connectivity index (χ3v) is 5.41. The van der Waals surface area contributed by atoms with Crippen molar-refractivity contribution in [1.82, 2.24) is 4.90 Å². The van der Waals surface area contributed by atoms with Crippen molar-refractivity contribution in [1.29, 1.82) is 0 Å². The molecule has 1 aliphatic heterocycles. The summed E-state index contributed by atoms with van der Waals surface area (Å²) in [5.41, 5.74) is 4.69. The Balaban J connectivity index is 2.06. The maximum atomic E-state index is 12.9.